The number of nitrogens with zero attached hydrogens (tertiary/aromatic N) is 2. The van der Waals surface area contributed by atoms with E-state index in [2.05, 4.69) is 71.5 Å². The van der Waals surface area contributed by atoms with E-state index in [9.17, 15) is 4.79 Å². The summed E-state index contributed by atoms with van der Waals surface area (Å²) in [4.78, 5) is 19.7. The van der Waals surface area contributed by atoms with Gasteiger partial charge in [0.15, 0.2) is 0 Å². The van der Waals surface area contributed by atoms with E-state index in [1.54, 1.807) is 11.3 Å². The minimum atomic E-state index is 0.0597. The average molecular weight is 406 g/mol. The van der Waals surface area contributed by atoms with Gasteiger partial charge in [-0.1, -0.05) is 61.0 Å². The Hall–Kier alpha value is -2.50. The molecule has 150 valence electrons. The van der Waals surface area contributed by atoms with Crippen molar-refractivity contribution in [2.45, 2.75) is 32.9 Å². The Labute approximate surface area is 176 Å². The van der Waals surface area contributed by atoms with Gasteiger partial charge in [-0.2, -0.15) is 0 Å². The van der Waals surface area contributed by atoms with Gasteiger partial charge >= 0.3 is 0 Å². The van der Waals surface area contributed by atoms with Crippen molar-refractivity contribution < 1.29 is 4.79 Å². The van der Waals surface area contributed by atoms with Crippen LogP contribution in [0.3, 0.4) is 0 Å². The summed E-state index contributed by atoms with van der Waals surface area (Å²) in [5, 5.41) is 6.20. The van der Waals surface area contributed by atoms with Crippen molar-refractivity contribution in [3.05, 3.63) is 76.8 Å². The monoisotopic (exact) mass is 405 g/mol. The van der Waals surface area contributed by atoms with E-state index < -0.39 is 0 Å². The van der Waals surface area contributed by atoms with Crippen molar-refractivity contribution >= 4 is 17.2 Å². The van der Waals surface area contributed by atoms with Gasteiger partial charge in [0.05, 0.1) is 12.1 Å². The normalized spacial score (nSPS) is 19.4. The summed E-state index contributed by atoms with van der Waals surface area (Å²) in [5.41, 5.74) is 4.49. The van der Waals surface area contributed by atoms with Crippen molar-refractivity contribution in [1.82, 2.24) is 15.2 Å². The highest BCUT2D eigenvalue weighted by Crippen LogP contribution is 2.25. The Bertz CT molecular complexity index is 969. The fourth-order valence-corrected chi connectivity index (χ4v) is 4.76. The van der Waals surface area contributed by atoms with Gasteiger partial charge in [-0.05, 0) is 24.5 Å². The Morgan fingerprint density at radius 1 is 1.17 bits per heavy atom. The molecule has 1 aliphatic heterocycles. The lowest BCUT2D eigenvalue weighted by molar-refractivity contribution is -0.121. The van der Waals surface area contributed by atoms with Gasteiger partial charge in [0.25, 0.3) is 0 Å². The van der Waals surface area contributed by atoms with Crippen LogP contribution >= 0.6 is 11.3 Å². The van der Waals surface area contributed by atoms with Gasteiger partial charge in [0.2, 0.25) is 5.91 Å². The summed E-state index contributed by atoms with van der Waals surface area (Å²) < 4.78 is 0. The van der Waals surface area contributed by atoms with Crippen LogP contribution in [-0.4, -0.2) is 34.9 Å². The number of rotatable bonds is 6. The highest BCUT2D eigenvalue weighted by atomic mass is 32.1. The second-order valence-electron chi connectivity index (χ2n) is 8.02. The van der Waals surface area contributed by atoms with Crippen LogP contribution in [0.5, 0.6) is 0 Å². The molecular formula is C24H27N3OS. The van der Waals surface area contributed by atoms with E-state index in [1.807, 2.05) is 17.5 Å². The summed E-state index contributed by atoms with van der Waals surface area (Å²) in [7, 11) is 0. The molecule has 1 saturated heterocycles. The average Bonchev–Trinajstić information content (AvgIpc) is 3.29. The molecule has 5 heteroatoms. The number of benzene rings is 2. The Kier molecular flexibility index (Phi) is 6.07. The first-order valence-electron chi connectivity index (χ1n) is 10.1. The first-order valence-corrected chi connectivity index (χ1v) is 11.0. The quantitative estimate of drug-likeness (QED) is 0.665. The topological polar surface area (TPSA) is 45.2 Å². The second kappa shape index (κ2) is 8.89. The zero-order valence-corrected chi connectivity index (χ0v) is 17.8. The fraction of sp³-hybridized carbons (Fsp3) is 0.333. The number of thiazole rings is 1. The van der Waals surface area contributed by atoms with E-state index in [1.165, 1.54) is 11.1 Å². The molecule has 0 radical (unpaired) electrons. The van der Waals surface area contributed by atoms with Crippen LogP contribution in [0.1, 0.15) is 23.7 Å². The summed E-state index contributed by atoms with van der Waals surface area (Å²) in [5.74, 6) is 0.505. The zero-order chi connectivity index (χ0) is 20.2. The molecule has 1 amide bonds. The maximum atomic E-state index is 12.6. The lowest BCUT2D eigenvalue weighted by Crippen LogP contribution is -2.40. The molecule has 1 fully saturated rings. The number of carbonyl (C=O) groups is 1. The third-order valence-corrected chi connectivity index (χ3v) is 6.38. The molecule has 4 nitrogen and oxygen atoms in total. The van der Waals surface area contributed by atoms with Crippen LogP contribution < -0.4 is 5.32 Å². The summed E-state index contributed by atoms with van der Waals surface area (Å²) in [6.07, 6.45) is 0.338. The van der Waals surface area contributed by atoms with E-state index in [0.29, 0.717) is 12.3 Å². The van der Waals surface area contributed by atoms with Crippen LogP contribution in [0.25, 0.3) is 10.6 Å². The van der Waals surface area contributed by atoms with E-state index in [-0.39, 0.29) is 11.9 Å². The van der Waals surface area contributed by atoms with Gasteiger partial charge < -0.3 is 5.32 Å². The van der Waals surface area contributed by atoms with Crippen LogP contribution in [0, 0.1) is 12.8 Å². The molecule has 2 aromatic carbocycles. The Balaban J connectivity index is 1.32. The second-order valence-corrected chi connectivity index (χ2v) is 8.88. The predicted molar refractivity (Wildman–Crippen MR) is 119 cm³/mol. The van der Waals surface area contributed by atoms with Crippen LogP contribution in [0.2, 0.25) is 0 Å². The van der Waals surface area contributed by atoms with Gasteiger partial charge in [-0.25, -0.2) is 4.98 Å². The molecule has 1 aliphatic rings. The summed E-state index contributed by atoms with van der Waals surface area (Å²) in [6.45, 7) is 7.13. The summed E-state index contributed by atoms with van der Waals surface area (Å²) in [6, 6.07) is 19.0. The molecule has 0 spiro atoms. The lowest BCUT2D eigenvalue weighted by atomic mass is 10.1. The Morgan fingerprint density at radius 2 is 2.00 bits per heavy atom. The molecule has 3 aromatic rings. The molecule has 0 aliphatic carbocycles. The number of hydrogen-bond acceptors (Lipinski definition) is 4. The molecule has 0 saturated carbocycles. The van der Waals surface area contributed by atoms with Crippen molar-refractivity contribution in [3.8, 4) is 10.6 Å². The molecule has 1 aromatic heterocycles. The van der Waals surface area contributed by atoms with Gasteiger partial charge in [0.1, 0.15) is 5.01 Å². The highest BCUT2D eigenvalue weighted by Gasteiger charge is 2.30. The van der Waals surface area contributed by atoms with Gasteiger partial charge in [-0.15, -0.1) is 11.3 Å². The largest absolute Gasteiger partial charge is 0.351 e. The molecule has 0 unspecified atom stereocenters. The van der Waals surface area contributed by atoms with Crippen LogP contribution in [0.15, 0.2) is 60.0 Å². The number of likely N-dealkylation sites (tertiary alicyclic amines) is 1. The predicted octanol–water partition coefficient (Wildman–Crippen LogP) is 4.30. The number of hydrogen-bond donors (Lipinski definition) is 1. The van der Waals surface area contributed by atoms with E-state index in [0.717, 1.165) is 35.9 Å². The third kappa shape index (κ3) is 5.11. The first kappa shape index (κ1) is 19.8. The molecular weight excluding hydrogens is 378 g/mol. The summed E-state index contributed by atoms with van der Waals surface area (Å²) >= 11 is 1.60. The van der Waals surface area contributed by atoms with Crippen molar-refractivity contribution in [2.24, 2.45) is 5.92 Å². The number of nitrogens with one attached hydrogen (secondary N) is 1. The maximum Gasteiger partial charge on any atom is 0.226 e. The van der Waals surface area contributed by atoms with Gasteiger partial charge in [-0.3, -0.25) is 9.69 Å². The zero-order valence-electron chi connectivity index (χ0n) is 17.0. The van der Waals surface area contributed by atoms with Crippen LogP contribution in [-0.2, 0) is 17.8 Å². The van der Waals surface area contributed by atoms with Crippen molar-refractivity contribution in [1.29, 1.82) is 0 Å². The number of aromatic nitrogens is 1. The van der Waals surface area contributed by atoms with Crippen LogP contribution in [0.4, 0.5) is 0 Å². The smallest absolute Gasteiger partial charge is 0.226 e. The lowest BCUT2D eigenvalue weighted by Gasteiger charge is -2.17. The molecule has 2 heterocycles. The number of amides is 1. The fourth-order valence-electron chi connectivity index (χ4n) is 3.95. The number of aryl methyl sites for hydroxylation is 1. The molecule has 4 rings (SSSR count). The minimum Gasteiger partial charge on any atom is -0.351 e. The SMILES string of the molecule is Cc1cccc(-c2nc(CC(=O)N[C@H]3CN(Cc4ccccc4)C[C@@H]3C)cs2)c1. The van der Waals surface area contributed by atoms with Crippen molar-refractivity contribution in [3.63, 3.8) is 0 Å². The maximum absolute atomic E-state index is 12.6. The van der Waals surface area contributed by atoms with Crippen molar-refractivity contribution in [2.75, 3.05) is 13.1 Å². The highest BCUT2D eigenvalue weighted by molar-refractivity contribution is 7.13. The first-order chi connectivity index (χ1) is 14.1. The molecule has 0 bridgehead atoms. The number of carbonyl (C=O) groups excluding carboxylic acids is 1. The molecule has 29 heavy (non-hydrogen) atoms. The molecule has 1 N–H and O–H groups in total. The Morgan fingerprint density at radius 3 is 2.79 bits per heavy atom. The minimum absolute atomic E-state index is 0.0597. The van der Waals surface area contributed by atoms with E-state index >= 15 is 0 Å². The van der Waals surface area contributed by atoms with Gasteiger partial charge in [0, 0.05) is 36.6 Å². The standard InChI is InChI=1S/C24H27N3OS/c1-17-7-6-10-20(11-17)24-25-21(16-29-24)12-23(28)26-22-15-27(13-18(22)2)14-19-8-4-3-5-9-19/h3-11,16,18,22H,12-15H2,1-2H3,(H,26,28)/t18-,22-/m0/s1. The third-order valence-electron chi connectivity index (χ3n) is 5.44. The molecule has 2 atom stereocenters. The van der Waals surface area contributed by atoms with E-state index in [4.69, 9.17) is 0 Å².